The van der Waals surface area contributed by atoms with Gasteiger partial charge in [0.2, 0.25) is 5.78 Å². The predicted molar refractivity (Wildman–Crippen MR) is 138 cm³/mol. The number of nitrogens with one attached hydrogen (secondary N) is 1. The standard InChI is InChI=1S/C29H38N2O3/c1-3-5-7-12-20-31(21-13-8-6-4-2)28(27-26(32)22-34-29(27)33)30-25-18-16-24(17-19-25)23-14-10-9-11-15-23/h9-11,14-19,30H,3-8,12-13,20-22H2,1-2H3/b28-27+. The molecule has 0 aromatic heterocycles. The van der Waals surface area contributed by atoms with Crippen LogP contribution in [0.4, 0.5) is 5.69 Å². The predicted octanol–water partition coefficient (Wildman–Crippen LogP) is 6.57. The van der Waals surface area contributed by atoms with Crippen LogP contribution in [0.3, 0.4) is 0 Å². The molecule has 1 aliphatic rings. The van der Waals surface area contributed by atoms with Crippen molar-refractivity contribution in [2.45, 2.75) is 65.2 Å². The maximum Gasteiger partial charge on any atom is 0.346 e. The lowest BCUT2D eigenvalue weighted by atomic mass is 10.1. The van der Waals surface area contributed by atoms with E-state index in [2.05, 4.69) is 48.3 Å². The lowest BCUT2D eigenvalue weighted by Gasteiger charge is -2.29. The molecule has 1 fully saturated rings. The van der Waals surface area contributed by atoms with Gasteiger partial charge in [-0.15, -0.1) is 0 Å². The zero-order chi connectivity index (χ0) is 24.2. The van der Waals surface area contributed by atoms with Gasteiger partial charge in [-0.2, -0.15) is 0 Å². The number of benzene rings is 2. The van der Waals surface area contributed by atoms with Gasteiger partial charge in [-0.05, 0) is 36.1 Å². The van der Waals surface area contributed by atoms with Crippen LogP contribution in [0.1, 0.15) is 65.2 Å². The van der Waals surface area contributed by atoms with Crippen molar-refractivity contribution in [2.75, 3.05) is 25.0 Å². The highest BCUT2D eigenvalue weighted by Crippen LogP contribution is 2.25. The van der Waals surface area contributed by atoms with Gasteiger partial charge in [-0.25, -0.2) is 4.79 Å². The van der Waals surface area contributed by atoms with Crippen LogP contribution in [0.25, 0.3) is 11.1 Å². The number of nitrogens with zero attached hydrogens (tertiary/aromatic N) is 1. The molecule has 0 atom stereocenters. The van der Waals surface area contributed by atoms with E-state index in [0.29, 0.717) is 5.82 Å². The third-order valence-electron chi connectivity index (χ3n) is 6.19. The van der Waals surface area contributed by atoms with Crippen LogP contribution in [0, 0.1) is 0 Å². The zero-order valence-corrected chi connectivity index (χ0v) is 20.6. The number of anilines is 1. The van der Waals surface area contributed by atoms with Gasteiger partial charge in [-0.3, -0.25) is 4.79 Å². The fourth-order valence-electron chi connectivity index (χ4n) is 4.23. The zero-order valence-electron chi connectivity index (χ0n) is 20.6. The number of esters is 1. The molecule has 1 saturated heterocycles. The fraction of sp³-hybridized carbons (Fsp3) is 0.448. The van der Waals surface area contributed by atoms with Crippen LogP contribution >= 0.6 is 0 Å². The summed E-state index contributed by atoms with van der Waals surface area (Å²) >= 11 is 0. The summed E-state index contributed by atoms with van der Waals surface area (Å²) in [4.78, 5) is 27.4. The summed E-state index contributed by atoms with van der Waals surface area (Å²) in [5, 5.41) is 3.43. The third kappa shape index (κ3) is 7.21. The van der Waals surface area contributed by atoms with Crippen molar-refractivity contribution in [1.29, 1.82) is 0 Å². The smallest absolute Gasteiger partial charge is 0.346 e. The Morgan fingerprint density at radius 2 is 1.38 bits per heavy atom. The molecule has 182 valence electrons. The van der Waals surface area contributed by atoms with E-state index in [4.69, 9.17) is 4.74 Å². The number of hydrogen-bond acceptors (Lipinski definition) is 5. The van der Waals surface area contributed by atoms with Crippen molar-refractivity contribution in [2.24, 2.45) is 0 Å². The topological polar surface area (TPSA) is 58.6 Å². The molecule has 3 rings (SSSR count). The first-order valence-corrected chi connectivity index (χ1v) is 12.8. The van der Waals surface area contributed by atoms with Crippen molar-refractivity contribution in [3.05, 3.63) is 66.0 Å². The first kappa shape index (κ1) is 25.5. The minimum absolute atomic E-state index is 0.151. The van der Waals surface area contributed by atoms with Gasteiger partial charge >= 0.3 is 5.97 Å². The number of carbonyl (C=O) groups is 2. The Morgan fingerprint density at radius 1 is 0.794 bits per heavy atom. The second kappa shape index (κ2) is 13.6. The number of ketones is 1. The highest BCUT2D eigenvalue weighted by molar-refractivity contribution is 6.22. The van der Waals surface area contributed by atoms with E-state index in [1.165, 1.54) is 25.7 Å². The summed E-state index contributed by atoms with van der Waals surface area (Å²) < 4.78 is 5.10. The summed E-state index contributed by atoms with van der Waals surface area (Å²) in [7, 11) is 0. The Kier molecular flexibility index (Phi) is 10.2. The number of hydrogen-bond donors (Lipinski definition) is 1. The minimum Gasteiger partial charge on any atom is -0.453 e. The summed E-state index contributed by atoms with van der Waals surface area (Å²) in [6.07, 6.45) is 9.02. The third-order valence-corrected chi connectivity index (χ3v) is 6.19. The summed E-state index contributed by atoms with van der Waals surface area (Å²) in [5.74, 6) is -0.186. The van der Waals surface area contributed by atoms with Crippen LogP contribution in [0.5, 0.6) is 0 Å². The lowest BCUT2D eigenvalue weighted by Crippen LogP contribution is -2.32. The van der Waals surface area contributed by atoms with Gasteiger partial charge in [-0.1, -0.05) is 94.8 Å². The molecule has 5 nitrogen and oxygen atoms in total. The molecule has 34 heavy (non-hydrogen) atoms. The fourth-order valence-corrected chi connectivity index (χ4v) is 4.23. The normalized spacial score (nSPS) is 14.8. The largest absolute Gasteiger partial charge is 0.453 e. The van der Waals surface area contributed by atoms with E-state index >= 15 is 0 Å². The van der Waals surface area contributed by atoms with Gasteiger partial charge in [0.1, 0.15) is 11.4 Å². The number of ether oxygens (including phenoxy) is 1. The maximum atomic E-state index is 12.6. The van der Waals surface area contributed by atoms with Gasteiger partial charge in [0.15, 0.2) is 6.61 Å². The Hall–Kier alpha value is -3.08. The second-order valence-corrected chi connectivity index (χ2v) is 8.90. The van der Waals surface area contributed by atoms with E-state index < -0.39 is 5.97 Å². The van der Waals surface area contributed by atoms with Crippen molar-refractivity contribution >= 4 is 17.4 Å². The van der Waals surface area contributed by atoms with Crippen LogP contribution < -0.4 is 5.32 Å². The van der Waals surface area contributed by atoms with Gasteiger partial charge in [0, 0.05) is 18.8 Å². The molecule has 1 heterocycles. The molecular formula is C29H38N2O3. The van der Waals surface area contributed by atoms with E-state index in [0.717, 1.165) is 55.6 Å². The first-order chi connectivity index (χ1) is 16.6. The molecule has 0 unspecified atom stereocenters. The number of carbonyl (C=O) groups excluding carboxylic acids is 2. The van der Waals surface area contributed by atoms with Crippen LogP contribution in [-0.2, 0) is 14.3 Å². The number of cyclic esters (lactones) is 1. The molecule has 5 heteroatoms. The number of Topliss-reactive ketones (excluding diaryl/α,β-unsaturated/α-hetero) is 1. The average Bonchev–Trinajstić information content (AvgIpc) is 3.20. The molecule has 2 aromatic carbocycles. The SMILES string of the molecule is CCCCCCN(CCCCCC)/C(Nc1ccc(-c2ccccc2)cc1)=C1\C(=O)COC1=O. The highest BCUT2D eigenvalue weighted by Gasteiger charge is 2.34. The minimum atomic E-state index is -0.527. The van der Waals surface area contributed by atoms with Crippen molar-refractivity contribution < 1.29 is 14.3 Å². The van der Waals surface area contributed by atoms with Crippen LogP contribution in [0.2, 0.25) is 0 Å². The van der Waals surface area contributed by atoms with Crippen molar-refractivity contribution in [1.82, 2.24) is 4.90 Å². The Bertz CT molecular complexity index is 921. The van der Waals surface area contributed by atoms with Crippen LogP contribution in [0.15, 0.2) is 66.0 Å². The van der Waals surface area contributed by atoms with Gasteiger partial charge < -0.3 is 15.0 Å². The average molecular weight is 463 g/mol. The molecule has 0 saturated carbocycles. The Morgan fingerprint density at radius 3 is 1.91 bits per heavy atom. The molecule has 2 aromatic rings. The molecule has 1 aliphatic heterocycles. The van der Waals surface area contributed by atoms with Crippen LogP contribution in [-0.4, -0.2) is 36.3 Å². The van der Waals surface area contributed by atoms with Gasteiger partial charge in [0.05, 0.1) is 0 Å². The second-order valence-electron chi connectivity index (χ2n) is 8.90. The first-order valence-electron chi connectivity index (χ1n) is 12.8. The Balaban J connectivity index is 1.86. The van der Waals surface area contributed by atoms with E-state index in [1.807, 2.05) is 30.3 Å². The Labute approximate surface area is 204 Å². The molecular weight excluding hydrogens is 424 g/mol. The monoisotopic (exact) mass is 462 g/mol. The summed E-state index contributed by atoms with van der Waals surface area (Å²) in [5.41, 5.74) is 3.27. The van der Waals surface area contributed by atoms with E-state index in [1.54, 1.807) is 0 Å². The van der Waals surface area contributed by atoms with Crippen molar-refractivity contribution in [3.8, 4) is 11.1 Å². The maximum absolute atomic E-state index is 12.6. The number of unbranched alkanes of at least 4 members (excludes halogenated alkanes) is 6. The molecule has 0 aliphatic carbocycles. The highest BCUT2D eigenvalue weighted by atomic mass is 16.5. The lowest BCUT2D eigenvalue weighted by molar-refractivity contribution is -0.135. The summed E-state index contributed by atoms with van der Waals surface area (Å²) in [6, 6.07) is 18.3. The molecule has 0 radical (unpaired) electrons. The summed E-state index contributed by atoms with van der Waals surface area (Å²) in [6.45, 7) is 5.83. The molecule has 0 spiro atoms. The molecule has 0 bridgehead atoms. The van der Waals surface area contributed by atoms with Crippen molar-refractivity contribution in [3.63, 3.8) is 0 Å². The quantitative estimate of drug-likeness (QED) is 0.149. The van der Waals surface area contributed by atoms with E-state index in [-0.39, 0.29) is 18.0 Å². The molecule has 0 amide bonds. The van der Waals surface area contributed by atoms with Gasteiger partial charge in [0.25, 0.3) is 0 Å². The number of rotatable bonds is 14. The molecule has 1 N–H and O–H groups in total. The van der Waals surface area contributed by atoms with E-state index in [9.17, 15) is 9.59 Å².